The van der Waals surface area contributed by atoms with Crippen LogP contribution in [-0.2, 0) is 19.1 Å². The summed E-state index contributed by atoms with van der Waals surface area (Å²) < 4.78 is 39.9. The van der Waals surface area contributed by atoms with Crippen LogP contribution in [0.1, 0.15) is 29.3 Å². The van der Waals surface area contributed by atoms with Gasteiger partial charge < -0.3 is 5.73 Å². The van der Waals surface area contributed by atoms with E-state index in [0.717, 1.165) is 18.3 Å². The number of halogens is 3. The van der Waals surface area contributed by atoms with Gasteiger partial charge in [-0.1, -0.05) is 18.2 Å². The average molecular weight is 282 g/mol. The molecule has 7 heteroatoms. The summed E-state index contributed by atoms with van der Waals surface area (Å²) in [6.07, 6.45) is -2.89. The van der Waals surface area contributed by atoms with Crippen molar-refractivity contribution < 1.29 is 13.2 Å². The fourth-order valence-electron chi connectivity index (χ4n) is 2.57. The fourth-order valence-corrected chi connectivity index (χ4v) is 2.57. The molecule has 0 saturated heterocycles. The van der Waals surface area contributed by atoms with Crippen LogP contribution in [0.2, 0.25) is 0 Å². The van der Waals surface area contributed by atoms with Crippen LogP contribution in [0.25, 0.3) is 0 Å². The van der Waals surface area contributed by atoms with Crippen LogP contribution in [0.5, 0.6) is 0 Å². The quantitative estimate of drug-likeness (QED) is 0.874. The van der Waals surface area contributed by atoms with Crippen LogP contribution in [0, 0.1) is 0 Å². The maximum Gasteiger partial charge on any atom is 0.416 e. The van der Waals surface area contributed by atoms with Gasteiger partial charge in [0.15, 0.2) is 0 Å². The second kappa shape index (κ2) is 4.50. The van der Waals surface area contributed by atoms with Gasteiger partial charge in [-0.05, 0) is 18.1 Å². The number of hydrogen-bond acceptors (Lipinski definition) is 3. The molecular weight excluding hydrogens is 269 g/mol. The van der Waals surface area contributed by atoms with Crippen molar-refractivity contribution in [1.82, 2.24) is 14.8 Å². The van der Waals surface area contributed by atoms with Crippen LogP contribution in [-0.4, -0.2) is 14.8 Å². The minimum Gasteiger partial charge on any atom is -0.366 e. The van der Waals surface area contributed by atoms with E-state index in [-0.39, 0.29) is 11.9 Å². The zero-order chi connectivity index (χ0) is 14.3. The summed E-state index contributed by atoms with van der Waals surface area (Å²) in [4.78, 5) is 4.09. The molecule has 0 bridgehead atoms. The Hall–Kier alpha value is -2.05. The lowest BCUT2D eigenvalue weighted by atomic mass is 9.91. The van der Waals surface area contributed by atoms with E-state index in [9.17, 15) is 13.2 Å². The zero-order valence-corrected chi connectivity index (χ0v) is 10.6. The molecule has 1 atom stereocenters. The smallest absolute Gasteiger partial charge is 0.366 e. The Balaban J connectivity index is 1.88. The number of hydrogen-bond donors (Lipinski definition) is 1. The minimum atomic E-state index is -4.31. The molecule has 0 radical (unpaired) electrons. The first-order chi connectivity index (χ1) is 9.43. The van der Waals surface area contributed by atoms with Gasteiger partial charge in [0.25, 0.3) is 0 Å². The molecule has 1 aliphatic rings. The van der Waals surface area contributed by atoms with E-state index in [1.165, 1.54) is 12.1 Å². The first kappa shape index (κ1) is 13.0. The van der Waals surface area contributed by atoms with Gasteiger partial charge in [-0.3, -0.25) is 0 Å². The van der Waals surface area contributed by atoms with E-state index in [0.29, 0.717) is 18.5 Å². The van der Waals surface area contributed by atoms with Gasteiger partial charge in [0, 0.05) is 18.9 Å². The second-order valence-corrected chi connectivity index (χ2v) is 4.93. The fraction of sp³-hybridized carbons (Fsp3) is 0.385. The van der Waals surface area contributed by atoms with E-state index in [1.54, 1.807) is 10.7 Å². The highest BCUT2D eigenvalue weighted by molar-refractivity contribution is 5.29. The van der Waals surface area contributed by atoms with Crippen molar-refractivity contribution in [3.05, 3.63) is 41.2 Å². The first-order valence-corrected chi connectivity index (χ1v) is 6.30. The van der Waals surface area contributed by atoms with E-state index < -0.39 is 11.7 Å². The summed E-state index contributed by atoms with van der Waals surface area (Å²) in [5.74, 6) is 1.02. The molecule has 1 aromatic carbocycles. The van der Waals surface area contributed by atoms with Crippen molar-refractivity contribution in [2.24, 2.45) is 0 Å². The number of alkyl halides is 3. The molecule has 20 heavy (non-hydrogen) atoms. The number of aromatic nitrogens is 3. The highest BCUT2D eigenvalue weighted by Gasteiger charge is 2.31. The monoisotopic (exact) mass is 282 g/mol. The van der Waals surface area contributed by atoms with Gasteiger partial charge in [0.05, 0.1) is 5.56 Å². The highest BCUT2D eigenvalue weighted by Crippen LogP contribution is 2.33. The van der Waals surface area contributed by atoms with Crippen molar-refractivity contribution in [2.45, 2.75) is 31.5 Å². The number of nitrogens with zero attached hydrogens (tertiary/aromatic N) is 3. The number of aryl methyl sites for hydroxylation is 1. The molecule has 0 aliphatic carbocycles. The molecule has 0 amide bonds. The van der Waals surface area contributed by atoms with E-state index >= 15 is 0 Å². The Morgan fingerprint density at radius 3 is 2.85 bits per heavy atom. The summed E-state index contributed by atoms with van der Waals surface area (Å²) in [6.45, 7) is 0.515. The van der Waals surface area contributed by atoms with Gasteiger partial charge in [0.1, 0.15) is 5.82 Å². The van der Waals surface area contributed by atoms with Crippen LogP contribution in [0.3, 0.4) is 0 Å². The Kier molecular flexibility index (Phi) is 2.92. The largest absolute Gasteiger partial charge is 0.416 e. The molecule has 106 valence electrons. The second-order valence-electron chi connectivity index (χ2n) is 4.93. The number of nitrogens with two attached hydrogens (primary N) is 1. The minimum absolute atomic E-state index is 0.00546. The van der Waals surface area contributed by atoms with Crippen molar-refractivity contribution >= 4 is 5.95 Å². The number of rotatable bonds is 1. The van der Waals surface area contributed by atoms with Gasteiger partial charge in [-0.25, -0.2) is 4.68 Å². The van der Waals surface area contributed by atoms with Gasteiger partial charge in [-0.15, -0.1) is 5.10 Å². The molecule has 2 heterocycles. The predicted molar refractivity (Wildman–Crippen MR) is 66.9 cm³/mol. The summed E-state index contributed by atoms with van der Waals surface area (Å²) in [7, 11) is 0. The molecule has 3 rings (SSSR count). The normalized spacial score (nSPS) is 18.9. The Morgan fingerprint density at radius 2 is 2.10 bits per heavy atom. The molecule has 0 spiro atoms. The SMILES string of the molecule is Nc1nc2n(n1)CC(c1cccc(C(F)(F)F)c1)CC2. The van der Waals surface area contributed by atoms with Crippen LogP contribution in [0.4, 0.5) is 19.1 Å². The topological polar surface area (TPSA) is 56.7 Å². The maximum atomic E-state index is 12.7. The van der Waals surface area contributed by atoms with E-state index in [4.69, 9.17) is 5.73 Å². The molecule has 0 fully saturated rings. The summed E-state index contributed by atoms with van der Waals surface area (Å²) in [5, 5.41) is 4.06. The number of anilines is 1. The third-order valence-corrected chi connectivity index (χ3v) is 3.56. The van der Waals surface area contributed by atoms with Crippen LogP contribution in [0.15, 0.2) is 24.3 Å². The lowest BCUT2D eigenvalue weighted by Gasteiger charge is -2.23. The highest BCUT2D eigenvalue weighted by atomic mass is 19.4. The molecule has 1 unspecified atom stereocenters. The third-order valence-electron chi connectivity index (χ3n) is 3.56. The number of nitrogen functional groups attached to an aromatic ring is 1. The Morgan fingerprint density at radius 1 is 1.30 bits per heavy atom. The maximum absolute atomic E-state index is 12.7. The van der Waals surface area contributed by atoms with Crippen molar-refractivity contribution in [3.8, 4) is 0 Å². The van der Waals surface area contributed by atoms with Crippen molar-refractivity contribution in [3.63, 3.8) is 0 Å². The van der Waals surface area contributed by atoms with E-state index in [2.05, 4.69) is 10.1 Å². The lowest BCUT2D eigenvalue weighted by molar-refractivity contribution is -0.137. The third kappa shape index (κ3) is 2.35. The number of benzene rings is 1. The average Bonchev–Trinajstić information content (AvgIpc) is 2.77. The molecule has 2 aromatic rings. The molecule has 0 saturated carbocycles. The van der Waals surface area contributed by atoms with E-state index in [1.807, 2.05) is 0 Å². The predicted octanol–water partition coefficient (Wildman–Crippen LogP) is 2.61. The molecule has 1 aliphatic heterocycles. The first-order valence-electron chi connectivity index (χ1n) is 6.30. The van der Waals surface area contributed by atoms with Gasteiger partial charge in [-0.2, -0.15) is 18.2 Å². The molecular formula is C13H13F3N4. The summed E-state index contributed by atoms with van der Waals surface area (Å²) in [5.41, 5.74) is 5.60. The van der Waals surface area contributed by atoms with Gasteiger partial charge in [0.2, 0.25) is 5.95 Å². The molecule has 2 N–H and O–H groups in total. The summed E-state index contributed by atoms with van der Waals surface area (Å²) in [6, 6.07) is 5.48. The van der Waals surface area contributed by atoms with Crippen LogP contribution >= 0.6 is 0 Å². The lowest BCUT2D eigenvalue weighted by Crippen LogP contribution is -2.20. The number of fused-ring (bicyclic) bond motifs is 1. The zero-order valence-electron chi connectivity index (χ0n) is 10.6. The van der Waals surface area contributed by atoms with Gasteiger partial charge >= 0.3 is 6.18 Å². The Bertz CT molecular complexity index is 633. The molecule has 1 aromatic heterocycles. The summed E-state index contributed by atoms with van der Waals surface area (Å²) >= 11 is 0. The Labute approximate surface area is 113 Å². The van der Waals surface area contributed by atoms with Crippen molar-refractivity contribution in [2.75, 3.05) is 5.73 Å². The van der Waals surface area contributed by atoms with Crippen molar-refractivity contribution in [1.29, 1.82) is 0 Å². The van der Waals surface area contributed by atoms with Crippen LogP contribution < -0.4 is 5.73 Å². The molecule has 4 nitrogen and oxygen atoms in total. The standard InChI is InChI=1S/C13H13F3N4/c14-13(15,16)10-3-1-2-8(6-10)9-4-5-11-18-12(17)19-20(11)7-9/h1-3,6,9H,4-5,7H2,(H2,17,19).